The lowest BCUT2D eigenvalue weighted by Gasteiger charge is -2.42. The highest BCUT2D eigenvalue weighted by Crippen LogP contribution is 2.29. The Bertz CT molecular complexity index is 681. The fourth-order valence-electron chi connectivity index (χ4n) is 2.96. The van der Waals surface area contributed by atoms with Gasteiger partial charge in [-0.15, -0.1) is 11.3 Å². The van der Waals surface area contributed by atoms with Gasteiger partial charge in [-0.25, -0.2) is 4.98 Å². The first-order valence-corrected chi connectivity index (χ1v) is 8.81. The minimum atomic E-state index is -0.0362. The predicted octanol–water partition coefficient (Wildman–Crippen LogP) is 2.93. The molecule has 2 N–H and O–H groups in total. The topological polar surface area (TPSA) is 59.2 Å². The molecule has 0 bridgehead atoms. The highest BCUT2D eigenvalue weighted by atomic mass is 32.1. The van der Waals surface area contributed by atoms with E-state index >= 15 is 0 Å². The molecule has 1 amide bonds. The van der Waals surface area contributed by atoms with Crippen LogP contribution in [0.5, 0.6) is 0 Å². The molecule has 0 saturated carbocycles. The van der Waals surface area contributed by atoms with Crippen LogP contribution in [0.1, 0.15) is 40.5 Å². The highest BCUT2D eigenvalue weighted by molar-refractivity contribution is 7.13. The Balaban J connectivity index is 1.69. The molecule has 0 aliphatic carbocycles. The number of carbonyl (C=O) groups excluding carboxylic acids is 1. The fraction of sp³-hybridized carbons (Fsp3) is 0.444. The number of thiazole rings is 1. The van der Waals surface area contributed by atoms with Crippen LogP contribution in [0.4, 0.5) is 0 Å². The number of amides is 1. The van der Waals surface area contributed by atoms with Gasteiger partial charge in [-0.05, 0) is 17.4 Å². The first kappa shape index (κ1) is 16.1. The molecule has 1 saturated heterocycles. The van der Waals surface area contributed by atoms with E-state index < -0.39 is 0 Å². The van der Waals surface area contributed by atoms with Crippen molar-refractivity contribution in [2.45, 2.75) is 32.7 Å². The summed E-state index contributed by atoms with van der Waals surface area (Å²) in [5, 5.41) is 0.979. The van der Waals surface area contributed by atoms with Gasteiger partial charge in [0.2, 0.25) is 0 Å². The molecule has 23 heavy (non-hydrogen) atoms. The molecule has 3 rings (SSSR count). The van der Waals surface area contributed by atoms with Crippen molar-refractivity contribution < 1.29 is 4.79 Å². The van der Waals surface area contributed by atoms with Gasteiger partial charge in [-0.2, -0.15) is 0 Å². The second kappa shape index (κ2) is 6.42. The van der Waals surface area contributed by atoms with Crippen LogP contribution >= 0.6 is 11.3 Å². The Morgan fingerprint density at radius 3 is 2.83 bits per heavy atom. The van der Waals surface area contributed by atoms with Crippen LogP contribution in [0.15, 0.2) is 36.5 Å². The minimum Gasteiger partial charge on any atom is -0.337 e. The van der Waals surface area contributed by atoms with Crippen LogP contribution in [0.25, 0.3) is 0 Å². The van der Waals surface area contributed by atoms with Gasteiger partial charge in [0.15, 0.2) is 0 Å². The van der Waals surface area contributed by atoms with Crippen molar-refractivity contribution in [1.29, 1.82) is 0 Å². The van der Waals surface area contributed by atoms with E-state index in [0.717, 1.165) is 29.3 Å². The van der Waals surface area contributed by atoms with E-state index in [2.05, 4.69) is 31.0 Å². The van der Waals surface area contributed by atoms with Crippen LogP contribution in [0.2, 0.25) is 0 Å². The number of nitrogens with two attached hydrogens (primary N) is 1. The highest BCUT2D eigenvalue weighted by Gasteiger charge is 2.35. The first-order valence-electron chi connectivity index (χ1n) is 7.99. The standard InChI is InChI=1S/C18H23N3OS/c1-18(2)12-21(9-8-15(18)19)17(22)14-11-20-16(23-14)10-13-6-4-3-5-7-13/h3-7,11,15H,8-10,12,19H2,1-2H3. The molecular weight excluding hydrogens is 306 g/mol. The summed E-state index contributed by atoms with van der Waals surface area (Å²) in [6.07, 6.45) is 3.34. The van der Waals surface area contributed by atoms with Gasteiger partial charge in [0.25, 0.3) is 5.91 Å². The van der Waals surface area contributed by atoms with Crippen LogP contribution in [0, 0.1) is 5.41 Å². The van der Waals surface area contributed by atoms with Crippen LogP contribution in [0.3, 0.4) is 0 Å². The number of hydrogen-bond acceptors (Lipinski definition) is 4. The monoisotopic (exact) mass is 329 g/mol. The third kappa shape index (κ3) is 3.62. The maximum Gasteiger partial charge on any atom is 0.265 e. The van der Waals surface area contributed by atoms with Gasteiger partial charge in [-0.3, -0.25) is 4.79 Å². The van der Waals surface area contributed by atoms with Crippen molar-refractivity contribution in [2.75, 3.05) is 13.1 Å². The molecule has 0 spiro atoms. The molecular formula is C18H23N3OS. The Labute approximate surface area is 141 Å². The van der Waals surface area contributed by atoms with Gasteiger partial charge in [0, 0.05) is 25.6 Å². The van der Waals surface area contributed by atoms with Crippen molar-refractivity contribution in [3.05, 3.63) is 52.0 Å². The number of piperidine rings is 1. The molecule has 1 aromatic carbocycles. The number of rotatable bonds is 3. The summed E-state index contributed by atoms with van der Waals surface area (Å²) in [6.45, 7) is 5.70. The van der Waals surface area contributed by atoms with Gasteiger partial charge >= 0.3 is 0 Å². The summed E-state index contributed by atoms with van der Waals surface area (Å²) in [4.78, 5) is 19.8. The average Bonchev–Trinajstić information content (AvgIpc) is 2.98. The number of aromatic nitrogens is 1. The van der Waals surface area contributed by atoms with E-state index in [1.165, 1.54) is 16.9 Å². The van der Waals surface area contributed by atoms with Crippen molar-refractivity contribution in [2.24, 2.45) is 11.1 Å². The Morgan fingerprint density at radius 1 is 1.39 bits per heavy atom. The van der Waals surface area contributed by atoms with E-state index in [0.29, 0.717) is 6.54 Å². The fourth-order valence-corrected chi connectivity index (χ4v) is 3.88. The average molecular weight is 329 g/mol. The van der Waals surface area contributed by atoms with Gasteiger partial charge < -0.3 is 10.6 Å². The molecule has 2 heterocycles. The largest absolute Gasteiger partial charge is 0.337 e. The van der Waals surface area contributed by atoms with Crippen LogP contribution in [-0.2, 0) is 6.42 Å². The minimum absolute atomic E-state index is 0.0362. The van der Waals surface area contributed by atoms with Crippen molar-refractivity contribution in [3.63, 3.8) is 0 Å². The van der Waals surface area contributed by atoms with Gasteiger partial charge in [0.1, 0.15) is 4.88 Å². The third-order valence-corrected chi connectivity index (χ3v) is 5.55. The molecule has 4 nitrogen and oxygen atoms in total. The van der Waals surface area contributed by atoms with Gasteiger partial charge in [0.05, 0.1) is 11.2 Å². The maximum absolute atomic E-state index is 12.7. The van der Waals surface area contributed by atoms with E-state index in [4.69, 9.17) is 5.73 Å². The molecule has 2 aromatic rings. The molecule has 1 fully saturated rings. The summed E-state index contributed by atoms with van der Waals surface area (Å²) in [6, 6.07) is 10.4. The lowest BCUT2D eigenvalue weighted by atomic mass is 9.79. The quantitative estimate of drug-likeness (QED) is 0.942. The second-order valence-corrected chi connectivity index (χ2v) is 8.01. The van der Waals surface area contributed by atoms with E-state index in [9.17, 15) is 4.79 Å². The van der Waals surface area contributed by atoms with Crippen LogP contribution in [-0.4, -0.2) is 34.9 Å². The SMILES string of the molecule is CC1(C)CN(C(=O)c2cnc(Cc3ccccc3)s2)CCC1N. The molecule has 0 radical (unpaired) electrons. The summed E-state index contributed by atoms with van der Waals surface area (Å²) in [7, 11) is 0. The Hall–Kier alpha value is -1.72. The third-order valence-electron chi connectivity index (χ3n) is 4.56. The Morgan fingerprint density at radius 2 is 2.13 bits per heavy atom. The van der Waals surface area contributed by atoms with Crippen molar-refractivity contribution in [1.82, 2.24) is 9.88 Å². The lowest BCUT2D eigenvalue weighted by molar-refractivity contribution is 0.0537. The van der Waals surface area contributed by atoms with E-state index in [-0.39, 0.29) is 17.4 Å². The summed E-state index contributed by atoms with van der Waals surface area (Å²) < 4.78 is 0. The number of likely N-dealkylation sites (tertiary alicyclic amines) is 1. The number of hydrogen-bond donors (Lipinski definition) is 1. The molecule has 1 aliphatic rings. The molecule has 1 unspecified atom stereocenters. The first-order chi connectivity index (χ1) is 11.0. The summed E-state index contributed by atoms with van der Waals surface area (Å²) in [5.41, 5.74) is 7.33. The van der Waals surface area contributed by atoms with Crippen molar-refractivity contribution >= 4 is 17.2 Å². The molecule has 1 aromatic heterocycles. The normalized spacial score (nSPS) is 20.5. The zero-order valence-corrected chi connectivity index (χ0v) is 14.5. The molecule has 1 aliphatic heterocycles. The molecule has 1 atom stereocenters. The maximum atomic E-state index is 12.7. The second-order valence-electron chi connectivity index (χ2n) is 6.89. The van der Waals surface area contributed by atoms with Crippen molar-refractivity contribution in [3.8, 4) is 0 Å². The molecule has 5 heteroatoms. The summed E-state index contributed by atoms with van der Waals surface area (Å²) in [5.74, 6) is 0.0850. The zero-order chi connectivity index (χ0) is 16.4. The number of nitrogens with zero attached hydrogens (tertiary/aromatic N) is 2. The lowest BCUT2D eigenvalue weighted by Crippen LogP contribution is -2.53. The Kier molecular flexibility index (Phi) is 4.50. The summed E-state index contributed by atoms with van der Waals surface area (Å²) >= 11 is 1.50. The van der Waals surface area contributed by atoms with Crippen LogP contribution < -0.4 is 5.73 Å². The van der Waals surface area contributed by atoms with E-state index in [1.807, 2.05) is 23.1 Å². The smallest absolute Gasteiger partial charge is 0.265 e. The van der Waals surface area contributed by atoms with E-state index in [1.54, 1.807) is 6.20 Å². The predicted molar refractivity (Wildman–Crippen MR) is 93.6 cm³/mol. The number of benzene rings is 1. The number of carbonyl (C=O) groups is 1. The van der Waals surface area contributed by atoms with Gasteiger partial charge in [-0.1, -0.05) is 44.2 Å². The zero-order valence-electron chi connectivity index (χ0n) is 13.7. The molecule has 122 valence electrons.